The minimum Gasteiger partial charge on any atom is -0.486 e. The molecule has 1 N–H and O–H groups in total. The van der Waals surface area contributed by atoms with E-state index in [1.165, 1.54) is 0 Å². The van der Waals surface area contributed by atoms with Crippen molar-refractivity contribution in [3.05, 3.63) is 29.8 Å². The fourth-order valence-corrected chi connectivity index (χ4v) is 4.64. The van der Waals surface area contributed by atoms with Crippen LogP contribution >= 0.6 is 0 Å². The number of nitrogens with zero attached hydrogens (tertiary/aromatic N) is 2. The van der Waals surface area contributed by atoms with Crippen LogP contribution in [0.25, 0.3) is 0 Å². The quantitative estimate of drug-likeness (QED) is 0.758. The SMILES string of the molecule is C[C@@H](C(=O)NCCN1CCOCC1)N1CC[C@]2(CCC1=O)CC(=O)c1ccccc1O2. The number of ketones is 1. The summed E-state index contributed by atoms with van der Waals surface area (Å²) in [6.07, 6.45) is 1.55. The lowest BCUT2D eigenvalue weighted by molar-refractivity contribution is -0.139. The Morgan fingerprint density at radius 1 is 1.16 bits per heavy atom. The van der Waals surface area contributed by atoms with Crippen molar-refractivity contribution < 1.29 is 23.9 Å². The predicted molar refractivity (Wildman–Crippen MR) is 114 cm³/mol. The molecule has 0 radical (unpaired) electrons. The van der Waals surface area contributed by atoms with Gasteiger partial charge in [0.2, 0.25) is 11.8 Å². The number of morpholine rings is 1. The first-order chi connectivity index (χ1) is 15.0. The average Bonchev–Trinajstić information content (AvgIpc) is 2.93. The van der Waals surface area contributed by atoms with Gasteiger partial charge < -0.3 is 19.7 Å². The molecule has 3 heterocycles. The second kappa shape index (κ2) is 9.36. The van der Waals surface area contributed by atoms with Crippen LogP contribution in [0.15, 0.2) is 24.3 Å². The number of rotatable bonds is 5. The first kappa shape index (κ1) is 21.8. The van der Waals surface area contributed by atoms with E-state index in [0.717, 1.165) is 32.8 Å². The number of ether oxygens (including phenoxy) is 2. The van der Waals surface area contributed by atoms with Crippen molar-refractivity contribution in [3.63, 3.8) is 0 Å². The highest BCUT2D eigenvalue weighted by molar-refractivity contribution is 6.00. The molecule has 2 amide bonds. The Kier molecular flexibility index (Phi) is 6.57. The van der Waals surface area contributed by atoms with Gasteiger partial charge in [-0.05, 0) is 25.5 Å². The van der Waals surface area contributed by atoms with E-state index in [2.05, 4.69) is 10.2 Å². The van der Waals surface area contributed by atoms with Crippen LogP contribution in [0, 0.1) is 0 Å². The molecular weight excluding hydrogens is 398 g/mol. The lowest BCUT2D eigenvalue weighted by Gasteiger charge is -2.37. The number of hydrogen-bond donors (Lipinski definition) is 1. The molecule has 1 spiro atoms. The van der Waals surface area contributed by atoms with Gasteiger partial charge >= 0.3 is 0 Å². The van der Waals surface area contributed by atoms with Crippen LogP contribution in [0.1, 0.15) is 43.0 Å². The van der Waals surface area contributed by atoms with Crippen LogP contribution in [-0.4, -0.2) is 85.0 Å². The zero-order valence-electron chi connectivity index (χ0n) is 18.1. The van der Waals surface area contributed by atoms with E-state index in [1.54, 1.807) is 17.9 Å². The summed E-state index contributed by atoms with van der Waals surface area (Å²) in [5, 5.41) is 2.96. The molecule has 8 heteroatoms. The van der Waals surface area contributed by atoms with Crippen LogP contribution < -0.4 is 10.1 Å². The van der Waals surface area contributed by atoms with Gasteiger partial charge in [0.15, 0.2) is 5.78 Å². The number of amides is 2. The summed E-state index contributed by atoms with van der Waals surface area (Å²) in [6.45, 7) is 6.68. The number of fused-ring (bicyclic) bond motifs is 1. The van der Waals surface area contributed by atoms with Gasteiger partial charge in [0.25, 0.3) is 0 Å². The molecule has 0 bridgehead atoms. The van der Waals surface area contributed by atoms with E-state index in [0.29, 0.717) is 37.2 Å². The normalized spacial score (nSPS) is 25.5. The van der Waals surface area contributed by atoms with Crippen LogP contribution in [-0.2, 0) is 14.3 Å². The number of nitrogens with one attached hydrogen (secondary N) is 1. The zero-order valence-corrected chi connectivity index (χ0v) is 18.1. The van der Waals surface area contributed by atoms with Crippen molar-refractivity contribution >= 4 is 17.6 Å². The molecule has 31 heavy (non-hydrogen) atoms. The maximum absolute atomic E-state index is 12.8. The van der Waals surface area contributed by atoms with E-state index < -0.39 is 11.6 Å². The van der Waals surface area contributed by atoms with Crippen LogP contribution in [0.3, 0.4) is 0 Å². The summed E-state index contributed by atoms with van der Waals surface area (Å²) in [5.41, 5.74) is -0.0730. The van der Waals surface area contributed by atoms with Gasteiger partial charge in [-0.3, -0.25) is 19.3 Å². The largest absolute Gasteiger partial charge is 0.486 e. The first-order valence-corrected chi connectivity index (χ1v) is 11.2. The maximum atomic E-state index is 12.8. The van der Waals surface area contributed by atoms with Crippen molar-refractivity contribution in [1.29, 1.82) is 0 Å². The molecule has 8 nitrogen and oxygen atoms in total. The number of Topliss-reactive ketones (excluding diaryl/α,β-unsaturated/α-hetero) is 1. The first-order valence-electron chi connectivity index (χ1n) is 11.2. The summed E-state index contributed by atoms with van der Waals surface area (Å²) in [4.78, 5) is 42.1. The minimum absolute atomic E-state index is 0.0525. The van der Waals surface area contributed by atoms with Crippen molar-refractivity contribution in [1.82, 2.24) is 15.1 Å². The highest BCUT2D eigenvalue weighted by Crippen LogP contribution is 2.39. The molecular formula is C23H31N3O5. The molecule has 168 valence electrons. The third-order valence-corrected chi connectivity index (χ3v) is 6.60. The van der Waals surface area contributed by atoms with Gasteiger partial charge in [0.05, 0.1) is 25.2 Å². The van der Waals surface area contributed by atoms with Crippen molar-refractivity contribution in [2.24, 2.45) is 0 Å². The predicted octanol–water partition coefficient (Wildman–Crippen LogP) is 1.24. The molecule has 1 aromatic rings. The molecule has 2 saturated heterocycles. The van der Waals surface area contributed by atoms with Gasteiger partial charge in [-0.25, -0.2) is 0 Å². The van der Waals surface area contributed by atoms with Crippen molar-refractivity contribution in [2.75, 3.05) is 45.9 Å². The van der Waals surface area contributed by atoms with Gasteiger partial charge in [0, 0.05) is 45.6 Å². The Hall–Kier alpha value is -2.45. The number of para-hydroxylation sites is 1. The molecule has 0 aliphatic carbocycles. The molecule has 2 fully saturated rings. The van der Waals surface area contributed by atoms with Crippen LogP contribution in [0.5, 0.6) is 5.75 Å². The van der Waals surface area contributed by atoms with Crippen molar-refractivity contribution in [2.45, 2.75) is 44.2 Å². The molecule has 0 saturated carbocycles. The fraction of sp³-hybridized carbons (Fsp3) is 0.609. The van der Waals surface area contributed by atoms with Gasteiger partial charge in [0.1, 0.15) is 17.4 Å². The Bertz CT molecular complexity index is 838. The van der Waals surface area contributed by atoms with E-state index >= 15 is 0 Å². The summed E-state index contributed by atoms with van der Waals surface area (Å²) >= 11 is 0. The molecule has 2 atom stereocenters. The minimum atomic E-state index is -0.678. The van der Waals surface area contributed by atoms with Gasteiger partial charge in [-0.15, -0.1) is 0 Å². The molecule has 3 aliphatic rings. The molecule has 0 unspecified atom stereocenters. The smallest absolute Gasteiger partial charge is 0.242 e. The zero-order chi connectivity index (χ0) is 21.8. The summed E-state index contributed by atoms with van der Waals surface area (Å²) in [5.74, 6) is 0.427. The fourth-order valence-electron chi connectivity index (χ4n) is 4.64. The third-order valence-electron chi connectivity index (χ3n) is 6.60. The molecule has 3 aliphatic heterocycles. The molecule has 1 aromatic carbocycles. The Labute approximate surface area is 182 Å². The summed E-state index contributed by atoms with van der Waals surface area (Å²) in [7, 11) is 0. The lowest BCUT2D eigenvalue weighted by Crippen LogP contribution is -2.50. The number of carbonyl (C=O) groups excluding carboxylic acids is 3. The van der Waals surface area contributed by atoms with Crippen LogP contribution in [0.4, 0.5) is 0 Å². The monoisotopic (exact) mass is 429 g/mol. The third kappa shape index (κ3) is 4.91. The number of likely N-dealkylation sites (tertiary alicyclic amines) is 1. The Morgan fingerprint density at radius 2 is 1.94 bits per heavy atom. The summed E-state index contributed by atoms with van der Waals surface area (Å²) < 4.78 is 11.6. The average molecular weight is 430 g/mol. The van der Waals surface area contributed by atoms with E-state index in [1.807, 2.05) is 18.2 Å². The highest BCUT2D eigenvalue weighted by atomic mass is 16.5. The lowest BCUT2D eigenvalue weighted by atomic mass is 9.84. The number of carbonyl (C=O) groups is 3. The van der Waals surface area contributed by atoms with E-state index in [9.17, 15) is 14.4 Å². The second-order valence-corrected chi connectivity index (χ2v) is 8.64. The van der Waals surface area contributed by atoms with Gasteiger partial charge in [-0.1, -0.05) is 12.1 Å². The standard InChI is InChI=1S/C23H31N3O5/c1-17(22(29)24-9-11-25-12-14-30-15-13-25)26-10-8-23(7-6-21(26)28)16-19(27)18-4-2-3-5-20(18)31-23/h2-5,17H,6-16H2,1H3,(H,24,29)/t17-,23+/m0/s1. The van der Waals surface area contributed by atoms with E-state index in [-0.39, 0.29) is 30.4 Å². The van der Waals surface area contributed by atoms with Gasteiger partial charge in [-0.2, -0.15) is 0 Å². The highest BCUT2D eigenvalue weighted by Gasteiger charge is 2.44. The molecule has 4 rings (SSSR count). The topological polar surface area (TPSA) is 88.2 Å². The number of benzene rings is 1. The molecule has 0 aromatic heterocycles. The Morgan fingerprint density at radius 3 is 2.74 bits per heavy atom. The number of hydrogen-bond acceptors (Lipinski definition) is 6. The Balaban J connectivity index is 1.34. The van der Waals surface area contributed by atoms with Crippen molar-refractivity contribution in [3.8, 4) is 5.75 Å². The van der Waals surface area contributed by atoms with E-state index in [4.69, 9.17) is 9.47 Å². The maximum Gasteiger partial charge on any atom is 0.242 e. The van der Waals surface area contributed by atoms with Crippen LogP contribution in [0.2, 0.25) is 0 Å². The summed E-state index contributed by atoms with van der Waals surface area (Å²) in [6, 6.07) is 6.71. The second-order valence-electron chi connectivity index (χ2n) is 8.64.